The molecule has 136 valence electrons. The Morgan fingerprint density at radius 2 is 2.15 bits per heavy atom. The molecule has 0 saturated carbocycles. The third-order valence-corrected chi connectivity index (χ3v) is 5.13. The van der Waals surface area contributed by atoms with Crippen LogP contribution in [0.25, 0.3) is 6.08 Å². The Bertz CT molecular complexity index is 1040. The zero-order chi connectivity index (χ0) is 19.0. The molecule has 4 rings (SSSR count). The van der Waals surface area contributed by atoms with Crippen molar-refractivity contribution < 1.29 is 13.9 Å². The summed E-state index contributed by atoms with van der Waals surface area (Å²) in [4.78, 5) is 16.4. The van der Waals surface area contributed by atoms with Crippen molar-refractivity contribution in [2.75, 3.05) is 6.61 Å². The summed E-state index contributed by atoms with van der Waals surface area (Å²) in [6.07, 6.45) is 1.48. The van der Waals surface area contributed by atoms with Gasteiger partial charge in [0.05, 0.1) is 5.57 Å². The number of amidine groups is 2. The van der Waals surface area contributed by atoms with Crippen LogP contribution in [-0.2, 0) is 4.79 Å². The van der Waals surface area contributed by atoms with Crippen molar-refractivity contribution in [3.63, 3.8) is 0 Å². The standard InChI is InChI=1S/C18H13BrN4O3S/c1-10-4-2-3-5-13(10)25-9-15-22-23-16(20)12(17(24)21-18(23)27-15)8-11-6-7-14(19)26-11/h2-8,20H,9H2,1H3/b12-8-,20-16?. The summed E-state index contributed by atoms with van der Waals surface area (Å²) in [5, 5.41) is 15.0. The van der Waals surface area contributed by atoms with E-state index in [2.05, 4.69) is 26.0 Å². The summed E-state index contributed by atoms with van der Waals surface area (Å²) in [6.45, 7) is 2.20. The molecule has 27 heavy (non-hydrogen) atoms. The number of ether oxygens (including phenoxy) is 1. The lowest BCUT2D eigenvalue weighted by molar-refractivity contribution is -0.114. The van der Waals surface area contributed by atoms with Gasteiger partial charge in [0.25, 0.3) is 5.91 Å². The fourth-order valence-electron chi connectivity index (χ4n) is 2.50. The van der Waals surface area contributed by atoms with Crippen molar-refractivity contribution in [3.8, 4) is 5.75 Å². The number of hydrogen-bond acceptors (Lipinski definition) is 6. The molecule has 2 aliphatic rings. The van der Waals surface area contributed by atoms with E-state index in [0.717, 1.165) is 11.3 Å². The molecular weight excluding hydrogens is 432 g/mol. The Labute approximate surface area is 167 Å². The highest BCUT2D eigenvalue weighted by Crippen LogP contribution is 2.29. The maximum Gasteiger partial charge on any atom is 0.283 e. The first-order valence-electron chi connectivity index (χ1n) is 7.94. The molecule has 0 spiro atoms. The minimum atomic E-state index is -0.498. The first-order chi connectivity index (χ1) is 13.0. The van der Waals surface area contributed by atoms with Crippen molar-refractivity contribution >= 4 is 55.7 Å². The number of nitrogens with zero attached hydrogens (tertiary/aromatic N) is 3. The van der Waals surface area contributed by atoms with Crippen LogP contribution in [0.1, 0.15) is 11.3 Å². The monoisotopic (exact) mass is 444 g/mol. The molecule has 0 atom stereocenters. The molecule has 0 bridgehead atoms. The second-order valence-electron chi connectivity index (χ2n) is 5.71. The van der Waals surface area contributed by atoms with Crippen LogP contribution in [0, 0.1) is 12.3 Å². The van der Waals surface area contributed by atoms with Crippen molar-refractivity contribution in [1.29, 1.82) is 5.41 Å². The lowest BCUT2D eigenvalue weighted by atomic mass is 10.1. The number of hydrogen-bond donors (Lipinski definition) is 1. The summed E-state index contributed by atoms with van der Waals surface area (Å²) < 4.78 is 11.7. The van der Waals surface area contributed by atoms with Gasteiger partial charge in [0.15, 0.2) is 10.5 Å². The number of fused-ring (bicyclic) bond motifs is 1. The number of halogens is 1. The number of aryl methyl sites for hydroxylation is 1. The molecule has 0 aliphatic carbocycles. The molecule has 0 radical (unpaired) electrons. The zero-order valence-electron chi connectivity index (χ0n) is 14.1. The Morgan fingerprint density at radius 1 is 1.33 bits per heavy atom. The third kappa shape index (κ3) is 3.60. The number of furan rings is 1. The first kappa shape index (κ1) is 17.7. The molecule has 1 aromatic heterocycles. The molecule has 3 heterocycles. The fourth-order valence-corrected chi connectivity index (χ4v) is 3.61. The molecule has 2 aliphatic heterocycles. The van der Waals surface area contributed by atoms with Gasteiger partial charge < -0.3 is 9.15 Å². The van der Waals surface area contributed by atoms with Crippen LogP contribution in [0.5, 0.6) is 5.75 Å². The average Bonchev–Trinajstić information content (AvgIpc) is 3.24. The van der Waals surface area contributed by atoms with E-state index in [1.807, 2.05) is 31.2 Å². The van der Waals surface area contributed by atoms with E-state index in [1.165, 1.54) is 22.8 Å². The van der Waals surface area contributed by atoms with Crippen LogP contribution in [-0.4, -0.2) is 33.6 Å². The summed E-state index contributed by atoms with van der Waals surface area (Å²) in [6, 6.07) is 11.1. The number of carbonyl (C=O) groups excluding carboxylic acids is 1. The molecule has 0 saturated heterocycles. The lowest BCUT2D eigenvalue weighted by Gasteiger charge is -2.19. The van der Waals surface area contributed by atoms with E-state index < -0.39 is 5.91 Å². The largest absolute Gasteiger partial charge is 0.486 e. The van der Waals surface area contributed by atoms with Crippen molar-refractivity contribution in [3.05, 3.63) is 58.0 Å². The van der Waals surface area contributed by atoms with Gasteiger partial charge in [0.2, 0.25) is 5.17 Å². The van der Waals surface area contributed by atoms with Crippen LogP contribution >= 0.6 is 27.7 Å². The number of amides is 1. The van der Waals surface area contributed by atoms with Crippen LogP contribution < -0.4 is 4.74 Å². The van der Waals surface area contributed by atoms with Gasteiger partial charge in [0.1, 0.15) is 23.2 Å². The van der Waals surface area contributed by atoms with Gasteiger partial charge in [-0.2, -0.15) is 15.1 Å². The van der Waals surface area contributed by atoms with E-state index in [4.69, 9.17) is 14.6 Å². The minimum absolute atomic E-state index is 0.0454. The van der Waals surface area contributed by atoms with Crippen molar-refractivity contribution in [2.45, 2.75) is 6.92 Å². The number of nitrogens with one attached hydrogen (secondary N) is 1. The Morgan fingerprint density at radius 3 is 2.89 bits per heavy atom. The van der Waals surface area contributed by atoms with Crippen LogP contribution in [0.4, 0.5) is 0 Å². The van der Waals surface area contributed by atoms with Crippen molar-refractivity contribution in [1.82, 2.24) is 5.01 Å². The molecule has 2 aromatic rings. The average molecular weight is 445 g/mol. The molecular formula is C18H13BrN4O3S. The molecule has 0 fully saturated rings. The summed E-state index contributed by atoms with van der Waals surface area (Å²) in [7, 11) is 0. The van der Waals surface area contributed by atoms with Gasteiger partial charge in [0, 0.05) is 0 Å². The smallest absolute Gasteiger partial charge is 0.283 e. The molecule has 0 unspecified atom stereocenters. The maximum atomic E-state index is 12.3. The molecule has 9 heteroatoms. The summed E-state index contributed by atoms with van der Waals surface area (Å²) >= 11 is 4.43. The fraction of sp³-hybridized carbons (Fsp3) is 0.111. The second kappa shape index (κ2) is 7.16. The third-order valence-electron chi connectivity index (χ3n) is 3.82. The van der Waals surface area contributed by atoms with Gasteiger partial charge in [-0.25, -0.2) is 0 Å². The summed E-state index contributed by atoms with van der Waals surface area (Å²) in [5.41, 5.74) is 1.14. The number of rotatable bonds is 4. The molecule has 7 nitrogen and oxygen atoms in total. The number of hydrazone groups is 1. The zero-order valence-corrected chi connectivity index (χ0v) is 16.5. The molecule has 1 amide bonds. The van der Waals surface area contributed by atoms with Crippen LogP contribution in [0.2, 0.25) is 0 Å². The number of aliphatic imine (C=N–C) groups is 1. The molecule has 1 aromatic carbocycles. The number of benzene rings is 1. The lowest BCUT2D eigenvalue weighted by Crippen LogP contribution is -2.35. The van der Waals surface area contributed by atoms with Gasteiger partial charge >= 0.3 is 0 Å². The maximum absolute atomic E-state index is 12.3. The highest BCUT2D eigenvalue weighted by molar-refractivity contribution is 9.10. The predicted octanol–water partition coefficient (Wildman–Crippen LogP) is 4.05. The minimum Gasteiger partial charge on any atom is -0.486 e. The Kier molecular flexibility index (Phi) is 4.71. The van der Waals surface area contributed by atoms with E-state index in [0.29, 0.717) is 20.6 Å². The predicted molar refractivity (Wildman–Crippen MR) is 108 cm³/mol. The normalized spacial score (nSPS) is 17.9. The van der Waals surface area contributed by atoms with Crippen LogP contribution in [0.15, 0.2) is 61.2 Å². The Balaban J connectivity index is 1.53. The van der Waals surface area contributed by atoms with E-state index in [-0.39, 0.29) is 18.0 Å². The number of thioether (sulfide) groups is 1. The van der Waals surface area contributed by atoms with E-state index in [1.54, 1.807) is 12.1 Å². The van der Waals surface area contributed by atoms with Crippen molar-refractivity contribution in [2.24, 2.45) is 10.1 Å². The highest BCUT2D eigenvalue weighted by Gasteiger charge is 2.36. The first-order valence-corrected chi connectivity index (χ1v) is 9.55. The van der Waals surface area contributed by atoms with Gasteiger partial charge in [-0.3, -0.25) is 10.2 Å². The second-order valence-corrected chi connectivity index (χ2v) is 7.53. The molecule has 1 N–H and O–H groups in total. The van der Waals surface area contributed by atoms with E-state index in [9.17, 15) is 4.79 Å². The van der Waals surface area contributed by atoms with Gasteiger partial charge in [-0.15, -0.1) is 0 Å². The number of carbonyl (C=O) groups is 1. The van der Waals surface area contributed by atoms with Gasteiger partial charge in [-0.05, 0) is 64.5 Å². The topological polar surface area (TPSA) is 91.2 Å². The van der Waals surface area contributed by atoms with Crippen LogP contribution in [0.3, 0.4) is 0 Å². The van der Waals surface area contributed by atoms with E-state index >= 15 is 0 Å². The summed E-state index contributed by atoms with van der Waals surface area (Å²) in [5.74, 6) is 0.675. The SMILES string of the molecule is Cc1ccccc1OCC1=NN2C(=N)/C(=C/c3ccc(Br)o3)C(=O)N=C2S1. The highest BCUT2D eigenvalue weighted by atomic mass is 79.9. The Hall–Kier alpha value is -2.65. The van der Waals surface area contributed by atoms with Gasteiger partial charge in [-0.1, -0.05) is 18.2 Å². The quantitative estimate of drug-likeness (QED) is 0.718. The number of para-hydroxylation sites is 1.